The van der Waals surface area contributed by atoms with E-state index in [1.807, 2.05) is 60.7 Å². The Morgan fingerprint density at radius 2 is 1.44 bits per heavy atom. The summed E-state index contributed by atoms with van der Waals surface area (Å²) in [7, 11) is -3.77. The van der Waals surface area contributed by atoms with E-state index >= 15 is 0 Å². The second kappa shape index (κ2) is 7.21. The van der Waals surface area contributed by atoms with Crippen LogP contribution in [0.2, 0.25) is 0 Å². The van der Waals surface area contributed by atoms with Gasteiger partial charge in [0.25, 0.3) is 10.0 Å². The molecule has 27 heavy (non-hydrogen) atoms. The predicted octanol–water partition coefficient (Wildman–Crippen LogP) is 4.63. The molecule has 0 saturated heterocycles. The minimum Gasteiger partial charge on any atom is -0.245 e. The van der Waals surface area contributed by atoms with Crippen molar-refractivity contribution in [3.8, 4) is 0 Å². The number of hydrogen-bond acceptors (Lipinski definition) is 3. The number of fused-ring (bicyclic) bond motifs is 1. The number of pyridine rings is 1. The van der Waals surface area contributed by atoms with E-state index in [1.54, 1.807) is 36.5 Å². The summed E-state index contributed by atoms with van der Waals surface area (Å²) in [5, 5.41) is 1.89. The Bertz CT molecular complexity index is 1160. The highest BCUT2D eigenvalue weighted by atomic mass is 32.2. The molecule has 0 radical (unpaired) electrons. The normalized spacial score (nSPS) is 11.4. The van der Waals surface area contributed by atoms with Crippen molar-refractivity contribution in [2.24, 2.45) is 0 Å². The highest BCUT2D eigenvalue weighted by Crippen LogP contribution is 2.26. The number of anilines is 1. The molecule has 1 aromatic heterocycles. The average Bonchev–Trinajstić information content (AvgIpc) is 2.73. The van der Waals surface area contributed by atoms with E-state index in [9.17, 15) is 8.42 Å². The van der Waals surface area contributed by atoms with E-state index in [2.05, 4.69) is 4.98 Å². The first-order chi connectivity index (χ1) is 13.1. The van der Waals surface area contributed by atoms with E-state index in [0.29, 0.717) is 5.82 Å². The lowest BCUT2D eigenvalue weighted by molar-refractivity contribution is 0.590. The topological polar surface area (TPSA) is 50.3 Å². The van der Waals surface area contributed by atoms with Crippen LogP contribution in [0, 0.1) is 0 Å². The third-order valence-corrected chi connectivity index (χ3v) is 6.13. The monoisotopic (exact) mass is 374 g/mol. The van der Waals surface area contributed by atoms with Crippen LogP contribution in [-0.2, 0) is 16.6 Å². The molecule has 0 bridgehead atoms. The van der Waals surface area contributed by atoms with Gasteiger partial charge in [0.2, 0.25) is 0 Å². The second-order valence-electron chi connectivity index (χ2n) is 6.19. The van der Waals surface area contributed by atoms with E-state index < -0.39 is 10.0 Å². The first kappa shape index (κ1) is 17.2. The van der Waals surface area contributed by atoms with E-state index in [0.717, 1.165) is 16.3 Å². The van der Waals surface area contributed by atoms with Crippen LogP contribution >= 0.6 is 0 Å². The standard InChI is InChI=1S/C22H18N2O2S/c25-27(26,21-14-13-19-10-4-5-11-20(19)16-21)24(22-12-6-7-15-23-22)17-18-8-2-1-3-9-18/h1-16H,17H2. The van der Waals surface area contributed by atoms with Gasteiger partial charge in [0, 0.05) is 6.20 Å². The Balaban J connectivity index is 1.81. The van der Waals surface area contributed by atoms with Crippen molar-refractivity contribution in [1.82, 2.24) is 4.98 Å². The number of sulfonamides is 1. The first-order valence-corrected chi connectivity index (χ1v) is 10.1. The molecular formula is C22H18N2O2S. The summed E-state index contributed by atoms with van der Waals surface area (Å²) in [6, 6.07) is 27.7. The molecule has 4 rings (SSSR count). The summed E-state index contributed by atoms with van der Waals surface area (Å²) >= 11 is 0. The molecule has 0 aliphatic carbocycles. The Labute approximate surface area is 158 Å². The molecule has 0 aliphatic heterocycles. The summed E-state index contributed by atoms with van der Waals surface area (Å²) < 4.78 is 28.3. The Morgan fingerprint density at radius 3 is 2.19 bits per heavy atom. The molecule has 134 valence electrons. The molecule has 0 atom stereocenters. The average molecular weight is 374 g/mol. The Hall–Kier alpha value is -3.18. The first-order valence-electron chi connectivity index (χ1n) is 8.61. The van der Waals surface area contributed by atoms with Crippen molar-refractivity contribution in [2.75, 3.05) is 4.31 Å². The third-order valence-electron chi connectivity index (χ3n) is 4.38. The van der Waals surface area contributed by atoms with Crippen molar-refractivity contribution >= 4 is 26.6 Å². The Kier molecular flexibility index (Phi) is 4.60. The lowest BCUT2D eigenvalue weighted by Gasteiger charge is -2.23. The molecular weight excluding hydrogens is 356 g/mol. The van der Waals surface area contributed by atoms with Crippen LogP contribution < -0.4 is 4.31 Å². The quantitative estimate of drug-likeness (QED) is 0.512. The van der Waals surface area contributed by atoms with Gasteiger partial charge in [-0.2, -0.15) is 0 Å². The van der Waals surface area contributed by atoms with Gasteiger partial charge in [0.15, 0.2) is 0 Å². The van der Waals surface area contributed by atoms with Gasteiger partial charge in [-0.15, -0.1) is 0 Å². The maximum atomic E-state index is 13.5. The van der Waals surface area contributed by atoms with Gasteiger partial charge < -0.3 is 0 Å². The molecule has 1 heterocycles. The van der Waals surface area contributed by atoms with Crippen molar-refractivity contribution in [3.05, 3.63) is 103 Å². The highest BCUT2D eigenvalue weighted by molar-refractivity contribution is 7.92. The SMILES string of the molecule is O=S(=O)(c1ccc2ccccc2c1)N(Cc1ccccc1)c1ccccn1. The molecule has 4 aromatic rings. The summed E-state index contributed by atoms with van der Waals surface area (Å²) in [5.74, 6) is 0.398. The summed E-state index contributed by atoms with van der Waals surface area (Å²) in [6.07, 6.45) is 1.60. The van der Waals surface area contributed by atoms with Gasteiger partial charge in [-0.3, -0.25) is 0 Å². The van der Waals surface area contributed by atoms with E-state index in [-0.39, 0.29) is 11.4 Å². The van der Waals surface area contributed by atoms with Gasteiger partial charge in [-0.1, -0.05) is 66.7 Å². The second-order valence-corrected chi connectivity index (χ2v) is 8.06. The van der Waals surface area contributed by atoms with Gasteiger partial charge in [-0.05, 0) is 40.6 Å². The smallest absolute Gasteiger partial charge is 0.245 e. The molecule has 0 unspecified atom stereocenters. The molecule has 0 saturated carbocycles. The highest BCUT2D eigenvalue weighted by Gasteiger charge is 2.26. The fraction of sp³-hybridized carbons (Fsp3) is 0.0455. The van der Waals surface area contributed by atoms with Crippen LogP contribution in [0.4, 0.5) is 5.82 Å². The fourth-order valence-corrected chi connectivity index (χ4v) is 4.44. The van der Waals surface area contributed by atoms with Crippen molar-refractivity contribution in [2.45, 2.75) is 11.4 Å². The van der Waals surface area contributed by atoms with Crippen LogP contribution in [0.5, 0.6) is 0 Å². The molecule has 0 N–H and O–H groups in total. The maximum absolute atomic E-state index is 13.5. The number of rotatable bonds is 5. The summed E-state index contributed by atoms with van der Waals surface area (Å²) in [6.45, 7) is 0.215. The zero-order valence-corrected chi connectivity index (χ0v) is 15.4. The van der Waals surface area contributed by atoms with Crippen LogP contribution in [0.3, 0.4) is 0 Å². The van der Waals surface area contributed by atoms with Gasteiger partial charge in [0.05, 0.1) is 11.4 Å². The number of aromatic nitrogens is 1. The van der Waals surface area contributed by atoms with Gasteiger partial charge in [-0.25, -0.2) is 17.7 Å². The van der Waals surface area contributed by atoms with E-state index in [1.165, 1.54) is 4.31 Å². The Morgan fingerprint density at radius 1 is 0.741 bits per heavy atom. The maximum Gasteiger partial charge on any atom is 0.265 e. The number of benzene rings is 3. The lowest BCUT2D eigenvalue weighted by atomic mass is 10.1. The zero-order chi connectivity index (χ0) is 18.7. The van der Waals surface area contributed by atoms with E-state index in [4.69, 9.17) is 0 Å². The van der Waals surface area contributed by atoms with Crippen LogP contribution in [-0.4, -0.2) is 13.4 Å². The predicted molar refractivity (Wildman–Crippen MR) is 108 cm³/mol. The third kappa shape index (κ3) is 3.55. The molecule has 0 aliphatic rings. The summed E-state index contributed by atoms with van der Waals surface area (Å²) in [5.41, 5.74) is 0.896. The van der Waals surface area contributed by atoms with Crippen molar-refractivity contribution in [3.63, 3.8) is 0 Å². The van der Waals surface area contributed by atoms with Crippen LogP contribution in [0.1, 0.15) is 5.56 Å². The van der Waals surface area contributed by atoms with Crippen LogP contribution in [0.15, 0.2) is 102 Å². The zero-order valence-electron chi connectivity index (χ0n) is 14.6. The summed E-state index contributed by atoms with van der Waals surface area (Å²) in [4.78, 5) is 4.53. The molecule has 0 spiro atoms. The molecule has 3 aromatic carbocycles. The molecule has 4 nitrogen and oxygen atoms in total. The fourth-order valence-electron chi connectivity index (χ4n) is 2.99. The molecule has 5 heteroatoms. The number of hydrogen-bond donors (Lipinski definition) is 0. The number of nitrogens with zero attached hydrogens (tertiary/aromatic N) is 2. The molecule has 0 amide bonds. The minimum absolute atomic E-state index is 0.215. The van der Waals surface area contributed by atoms with Crippen molar-refractivity contribution < 1.29 is 8.42 Å². The van der Waals surface area contributed by atoms with Crippen molar-refractivity contribution in [1.29, 1.82) is 0 Å². The van der Waals surface area contributed by atoms with Gasteiger partial charge >= 0.3 is 0 Å². The van der Waals surface area contributed by atoms with Crippen LogP contribution in [0.25, 0.3) is 10.8 Å². The molecule has 0 fully saturated rings. The largest absolute Gasteiger partial charge is 0.265 e. The lowest BCUT2D eigenvalue weighted by Crippen LogP contribution is -2.31. The minimum atomic E-state index is -3.77. The van der Waals surface area contributed by atoms with Gasteiger partial charge in [0.1, 0.15) is 5.82 Å².